The Bertz CT molecular complexity index is 545. The van der Waals surface area contributed by atoms with Crippen LogP contribution in [0.4, 0.5) is 11.6 Å². The van der Waals surface area contributed by atoms with E-state index in [1.807, 2.05) is 13.8 Å². The van der Waals surface area contributed by atoms with Gasteiger partial charge < -0.3 is 22.2 Å². The second kappa shape index (κ2) is 6.61. The van der Waals surface area contributed by atoms with Crippen molar-refractivity contribution < 1.29 is 26.4 Å². The van der Waals surface area contributed by atoms with Crippen LogP contribution < -0.4 is 22.7 Å². The molecule has 0 aliphatic rings. The van der Waals surface area contributed by atoms with Crippen LogP contribution in [0, 0.1) is 13.8 Å². The molecule has 0 radical (unpaired) electrons. The van der Waals surface area contributed by atoms with Crippen LogP contribution in [0.5, 0.6) is 0 Å². The molecule has 2 N–H and O–H groups in total. The predicted octanol–water partition coefficient (Wildman–Crippen LogP) is -2.31. The van der Waals surface area contributed by atoms with Gasteiger partial charge in [-0.15, -0.1) is 0 Å². The minimum absolute atomic E-state index is 0. The molecule has 0 unspecified atom stereocenters. The highest BCUT2D eigenvalue weighted by Gasteiger charge is 2.03. The third-order valence-corrected chi connectivity index (χ3v) is 1.91. The summed E-state index contributed by atoms with van der Waals surface area (Å²) < 4.78 is 9.80. The lowest BCUT2D eigenvalue weighted by atomic mass is 10.5. The van der Waals surface area contributed by atoms with Crippen LogP contribution in [0.2, 0.25) is 0 Å². The van der Waals surface area contributed by atoms with Gasteiger partial charge in [-0.05, 0) is 19.9 Å². The first kappa shape index (κ1) is 14.0. The van der Waals surface area contributed by atoms with E-state index in [0.717, 1.165) is 11.5 Å². The molecule has 18 heavy (non-hydrogen) atoms. The molecular weight excluding hydrogens is 256 g/mol. The molecule has 6 nitrogen and oxygen atoms in total. The Kier molecular flexibility index (Phi) is 5.13. The molecule has 7 heteroatoms. The Hall–Kier alpha value is -2.08. The molecule has 0 spiro atoms. The summed E-state index contributed by atoms with van der Waals surface area (Å²) in [5.74, 6) is 2.87. The van der Waals surface area contributed by atoms with Crippen LogP contribution >= 0.6 is 0 Å². The van der Waals surface area contributed by atoms with E-state index in [0.29, 0.717) is 11.6 Å². The van der Waals surface area contributed by atoms with E-state index in [1.54, 1.807) is 30.6 Å². The molecule has 2 heterocycles. The van der Waals surface area contributed by atoms with Crippen LogP contribution in [0.25, 0.3) is 0 Å². The quantitative estimate of drug-likeness (QED) is 0.610. The average Bonchev–Trinajstić information content (AvgIpc) is 2.88. The zero-order chi connectivity index (χ0) is 12.1. The van der Waals surface area contributed by atoms with Crippen LogP contribution in [0.15, 0.2) is 33.5 Å². The largest absolute Gasteiger partial charge is 1.00 e. The Labute approximate surface area is 110 Å². The summed E-state index contributed by atoms with van der Waals surface area (Å²) in [5, 5.41) is 10.5. The molecule has 0 aliphatic heterocycles. The predicted molar refractivity (Wildman–Crippen MR) is 61.9 cm³/mol. The van der Waals surface area contributed by atoms with Gasteiger partial charge in [0.1, 0.15) is 5.76 Å². The van der Waals surface area contributed by atoms with E-state index < -0.39 is 0 Å². The van der Waals surface area contributed by atoms with Gasteiger partial charge in [-0.1, -0.05) is 5.16 Å². The maximum atomic E-state index is 4.90. The van der Waals surface area contributed by atoms with E-state index in [1.165, 1.54) is 0 Å². The number of hydrogen-bond donors (Lipinski definition) is 2. The van der Waals surface area contributed by atoms with E-state index in [2.05, 4.69) is 20.6 Å². The Morgan fingerprint density at radius 1 is 1.17 bits per heavy atom. The number of aryl methyl sites for hydroxylation is 2. The molecular formula is C11H13ClN4O2. The van der Waals surface area contributed by atoms with Gasteiger partial charge in [0.15, 0.2) is 16.7 Å². The highest BCUT2D eigenvalue weighted by molar-refractivity contribution is 5.66. The van der Waals surface area contributed by atoms with Crippen molar-refractivity contribution in [1.82, 2.24) is 10.3 Å². The summed E-state index contributed by atoms with van der Waals surface area (Å²) in [7, 11) is 0. The van der Waals surface area contributed by atoms with Crippen molar-refractivity contribution in [3.05, 3.63) is 35.9 Å². The average molecular weight is 269 g/mol. The number of hydrogen-bond acceptors (Lipinski definition) is 5. The van der Waals surface area contributed by atoms with E-state index in [4.69, 9.17) is 9.05 Å². The van der Waals surface area contributed by atoms with Crippen molar-refractivity contribution >= 4 is 17.9 Å². The Morgan fingerprint density at radius 3 is 2.50 bits per heavy atom. The highest BCUT2D eigenvalue weighted by Crippen LogP contribution is 2.06. The molecule has 0 atom stereocenters. The van der Waals surface area contributed by atoms with E-state index in [9.17, 15) is 0 Å². The molecule has 0 saturated carbocycles. The fraction of sp³-hybridized carbons (Fsp3) is 0.182. The molecule has 0 bridgehead atoms. The van der Waals surface area contributed by atoms with Crippen molar-refractivity contribution in [1.29, 1.82) is 0 Å². The summed E-state index contributed by atoms with van der Waals surface area (Å²) >= 11 is 0. The number of rotatable bonds is 4. The van der Waals surface area contributed by atoms with E-state index in [-0.39, 0.29) is 12.4 Å². The van der Waals surface area contributed by atoms with Crippen LogP contribution in [0.3, 0.4) is 0 Å². The number of nitrogens with zero attached hydrogens (tertiary/aromatic N) is 2. The lowest BCUT2D eigenvalue weighted by Crippen LogP contribution is -3.00. The van der Waals surface area contributed by atoms with Gasteiger partial charge in [0.25, 0.3) is 0 Å². The second-order valence-electron chi connectivity index (χ2n) is 3.46. The summed E-state index contributed by atoms with van der Waals surface area (Å²) in [4.78, 5) is 2.96. The minimum atomic E-state index is 0. The normalized spacial score (nSPS) is 11.0. The molecule has 96 valence electrons. The topological polar surface area (TPSA) is 78.1 Å². The number of nitrogens with one attached hydrogen (secondary N) is 2. The molecule has 2 aromatic rings. The summed E-state index contributed by atoms with van der Waals surface area (Å²) in [6.07, 6.45) is 5.25. The third kappa shape index (κ3) is 4.06. The van der Waals surface area contributed by atoms with Gasteiger partial charge in [0.05, 0.1) is 12.3 Å². The number of halogens is 1. The van der Waals surface area contributed by atoms with Gasteiger partial charge in [-0.2, -0.15) is 0 Å². The Morgan fingerprint density at radius 2 is 1.89 bits per heavy atom. The molecule has 0 saturated heterocycles. The first-order chi connectivity index (χ1) is 8.24. The van der Waals surface area contributed by atoms with Gasteiger partial charge in [0, 0.05) is 12.3 Å². The first-order valence-electron chi connectivity index (χ1n) is 5.12. The zero-order valence-electron chi connectivity index (χ0n) is 9.98. The monoisotopic (exact) mass is 268 g/mol. The van der Waals surface area contributed by atoms with Crippen LogP contribution in [-0.2, 0) is 0 Å². The fourth-order valence-corrected chi connectivity index (χ4v) is 1.18. The molecule has 0 aliphatic carbocycles. The van der Waals surface area contributed by atoms with Crippen LogP contribution in [-0.4, -0.2) is 16.5 Å². The van der Waals surface area contributed by atoms with E-state index >= 15 is 0 Å². The van der Waals surface area contributed by atoms with Crippen molar-refractivity contribution in [2.45, 2.75) is 13.8 Å². The number of allylic oxidation sites excluding steroid dienone is 1. The second-order valence-corrected chi connectivity index (χ2v) is 3.46. The first-order valence-corrected chi connectivity index (χ1v) is 5.12. The Balaban J connectivity index is 0.00000162. The van der Waals surface area contributed by atoms with Crippen molar-refractivity contribution in [3.8, 4) is 0 Å². The molecule has 0 aromatic carbocycles. The SMILES string of the molecule is Cc1cc(NC=CC=[NH+]c2cc(C)on2)no1.[Cl-]. The lowest BCUT2D eigenvalue weighted by molar-refractivity contribution is -0.353. The molecule has 0 fully saturated rings. The standard InChI is InChI=1S/C11H12N4O2.ClH/c1-8-6-10(14-16-8)12-4-3-5-13-11-7-9(2)17-15-11;/h3-7H,1-2H3,(H,12,14);1H. The zero-order valence-corrected chi connectivity index (χ0v) is 10.7. The maximum Gasteiger partial charge on any atom is 0.371 e. The summed E-state index contributed by atoms with van der Waals surface area (Å²) in [6, 6.07) is 3.61. The van der Waals surface area contributed by atoms with Gasteiger partial charge >= 0.3 is 5.82 Å². The molecule has 2 aromatic heterocycles. The minimum Gasteiger partial charge on any atom is -1.00 e. The van der Waals surface area contributed by atoms with Gasteiger partial charge in [-0.3, -0.25) is 4.52 Å². The fourth-order valence-electron chi connectivity index (χ4n) is 1.18. The third-order valence-electron chi connectivity index (χ3n) is 1.91. The summed E-state index contributed by atoms with van der Waals surface area (Å²) in [6.45, 7) is 3.67. The van der Waals surface area contributed by atoms with Gasteiger partial charge in [0.2, 0.25) is 0 Å². The van der Waals surface area contributed by atoms with Crippen molar-refractivity contribution in [2.75, 3.05) is 5.32 Å². The molecule has 2 rings (SSSR count). The highest BCUT2D eigenvalue weighted by atomic mass is 35.5. The number of anilines is 1. The van der Waals surface area contributed by atoms with Crippen molar-refractivity contribution in [2.24, 2.45) is 0 Å². The van der Waals surface area contributed by atoms with Gasteiger partial charge in [-0.25, -0.2) is 4.99 Å². The smallest absolute Gasteiger partial charge is 0.371 e. The lowest BCUT2D eigenvalue weighted by Gasteiger charge is -1.87. The molecule has 0 amide bonds. The van der Waals surface area contributed by atoms with Crippen LogP contribution in [0.1, 0.15) is 11.5 Å². The van der Waals surface area contributed by atoms with Crippen molar-refractivity contribution in [3.63, 3.8) is 0 Å². The summed E-state index contributed by atoms with van der Waals surface area (Å²) in [5.41, 5.74) is 0. The maximum absolute atomic E-state index is 4.90. The number of aromatic nitrogens is 2.